The van der Waals surface area contributed by atoms with Gasteiger partial charge in [0.05, 0.1) is 12.5 Å². The molecule has 0 bridgehead atoms. The molecular formula is C19H27N3O4. The highest BCUT2D eigenvalue weighted by Gasteiger charge is 2.39. The zero-order valence-electron chi connectivity index (χ0n) is 15.3. The molecule has 0 aromatic carbocycles. The Kier molecular flexibility index (Phi) is 5.88. The van der Waals surface area contributed by atoms with Crippen LogP contribution in [-0.2, 0) is 20.9 Å². The summed E-state index contributed by atoms with van der Waals surface area (Å²) in [5.74, 6) is -0.323. The Morgan fingerprint density at radius 2 is 2.08 bits per heavy atom. The Balaban J connectivity index is 1.58. The van der Waals surface area contributed by atoms with Gasteiger partial charge in [-0.15, -0.1) is 0 Å². The molecule has 3 rings (SSSR count). The second kappa shape index (κ2) is 8.14. The number of aliphatic hydroxyl groups is 1. The Hall–Kier alpha value is -1.99. The van der Waals surface area contributed by atoms with Crippen LogP contribution in [-0.4, -0.2) is 71.7 Å². The smallest absolute Gasteiger partial charge is 0.227 e. The summed E-state index contributed by atoms with van der Waals surface area (Å²) in [4.78, 5) is 32.6. The van der Waals surface area contributed by atoms with Crippen LogP contribution in [0.1, 0.15) is 24.8 Å². The molecule has 0 aliphatic carbocycles. The number of ether oxygens (including phenoxy) is 1. The number of hydrogen-bond donors (Lipinski definition) is 1. The summed E-state index contributed by atoms with van der Waals surface area (Å²) in [6.45, 7) is 2.73. The fraction of sp³-hybridized carbons (Fsp3) is 0.632. The number of rotatable bonds is 6. The van der Waals surface area contributed by atoms with Crippen LogP contribution in [0.3, 0.4) is 0 Å². The lowest BCUT2D eigenvalue weighted by Crippen LogP contribution is -2.46. The van der Waals surface area contributed by atoms with Gasteiger partial charge in [-0.1, -0.05) is 0 Å². The van der Waals surface area contributed by atoms with Crippen molar-refractivity contribution in [2.75, 3.05) is 40.0 Å². The largest absolute Gasteiger partial charge is 0.396 e. The van der Waals surface area contributed by atoms with Crippen LogP contribution in [0, 0.1) is 11.3 Å². The summed E-state index contributed by atoms with van der Waals surface area (Å²) < 4.78 is 5.38. The Morgan fingerprint density at radius 3 is 2.73 bits per heavy atom. The first kappa shape index (κ1) is 18.8. The zero-order valence-corrected chi connectivity index (χ0v) is 15.3. The topological polar surface area (TPSA) is 83.0 Å². The highest BCUT2D eigenvalue weighted by molar-refractivity contribution is 5.89. The van der Waals surface area contributed by atoms with Gasteiger partial charge in [0, 0.05) is 64.1 Å². The summed E-state index contributed by atoms with van der Waals surface area (Å²) >= 11 is 0. The second-order valence-corrected chi connectivity index (χ2v) is 7.50. The molecule has 142 valence electrons. The number of carbonyl (C=O) groups is 2. The molecule has 1 atom stereocenters. The maximum Gasteiger partial charge on any atom is 0.227 e. The number of nitrogens with zero attached hydrogens (tertiary/aromatic N) is 3. The molecular weight excluding hydrogens is 334 g/mol. The van der Waals surface area contributed by atoms with Crippen LogP contribution < -0.4 is 0 Å². The lowest BCUT2D eigenvalue weighted by Gasteiger charge is -2.39. The first-order chi connectivity index (χ1) is 12.5. The minimum atomic E-state index is -0.315. The van der Waals surface area contributed by atoms with Crippen molar-refractivity contribution in [1.82, 2.24) is 14.8 Å². The Bertz CT molecular complexity index is 631. The zero-order chi connectivity index (χ0) is 18.6. The molecule has 0 saturated carbocycles. The highest BCUT2D eigenvalue weighted by Crippen LogP contribution is 2.31. The van der Waals surface area contributed by atoms with E-state index in [9.17, 15) is 14.7 Å². The molecule has 2 aliphatic heterocycles. The first-order valence-corrected chi connectivity index (χ1v) is 9.13. The molecule has 1 aromatic heterocycles. The molecule has 26 heavy (non-hydrogen) atoms. The third-order valence-corrected chi connectivity index (χ3v) is 5.52. The minimum Gasteiger partial charge on any atom is -0.396 e. The van der Waals surface area contributed by atoms with Gasteiger partial charge in [0.1, 0.15) is 0 Å². The van der Waals surface area contributed by atoms with Crippen molar-refractivity contribution in [3.63, 3.8) is 0 Å². The van der Waals surface area contributed by atoms with Gasteiger partial charge in [0.2, 0.25) is 11.8 Å². The van der Waals surface area contributed by atoms with Crippen molar-refractivity contribution in [1.29, 1.82) is 0 Å². The van der Waals surface area contributed by atoms with E-state index in [4.69, 9.17) is 4.74 Å². The maximum absolute atomic E-state index is 12.8. The second-order valence-electron chi connectivity index (χ2n) is 7.50. The fourth-order valence-electron chi connectivity index (χ4n) is 3.86. The van der Waals surface area contributed by atoms with Gasteiger partial charge in [-0.3, -0.25) is 14.6 Å². The van der Waals surface area contributed by atoms with Crippen LogP contribution in [0.25, 0.3) is 0 Å². The summed E-state index contributed by atoms with van der Waals surface area (Å²) in [6, 6.07) is 3.76. The van der Waals surface area contributed by atoms with Gasteiger partial charge >= 0.3 is 0 Å². The molecule has 3 heterocycles. The lowest BCUT2D eigenvalue weighted by atomic mass is 9.80. The van der Waals surface area contributed by atoms with E-state index in [1.807, 2.05) is 12.1 Å². The van der Waals surface area contributed by atoms with Crippen molar-refractivity contribution >= 4 is 11.8 Å². The van der Waals surface area contributed by atoms with Crippen molar-refractivity contribution in [2.24, 2.45) is 11.3 Å². The highest BCUT2D eigenvalue weighted by atomic mass is 16.5. The summed E-state index contributed by atoms with van der Waals surface area (Å²) in [5.41, 5.74) is 0.721. The van der Waals surface area contributed by atoms with Gasteiger partial charge in [-0.25, -0.2) is 0 Å². The molecule has 0 unspecified atom stereocenters. The summed E-state index contributed by atoms with van der Waals surface area (Å²) in [5, 5.41) is 9.82. The SMILES string of the molecule is CN(CC1(CO)CCOCC1)C(=O)[C@@H]1CC(=O)N(Cc2ccncc2)C1. The quantitative estimate of drug-likeness (QED) is 0.806. The Morgan fingerprint density at radius 1 is 1.38 bits per heavy atom. The van der Waals surface area contributed by atoms with Gasteiger partial charge in [-0.05, 0) is 30.5 Å². The molecule has 7 nitrogen and oxygen atoms in total. The molecule has 0 spiro atoms. The molecule has 2 amide bonds. The first-order valence-electron chi connectivity index (χ1n) is 9.13. The molecule has 7 heteroatoms. The van der Waals surface area contributed by atoms with E-state index in [0.29, 0.717) is 32.8 Å². The maximum atomic E-state index is 12.8. The van der Waals surface area contributed by atoms with E-state index in [2.05, 4.69) is 4.98 Å². The minimum absolute atomic E-state index is 0.0106. The number of amides is 2. The van der Waals surface area contributed by atoms with Crippen LogP contribution in [0.15, 0.2) is 24.5 Å². The van der Waals surface area contributed by atoms with E-state index in [1.165, 1.54) is 0 Å². The molecule has 2 saturated heterocycles. The fourth-order valence-corrected chi connectivity index (χ4v) is 3.86. The third kappa shape index (κ3) is 4.22. The van der Waals surface area contributed by atoms with Crippen molar-refractivity contribution in [3.8, 4) is 0 Å². The van der Waals surface area contributed by atoms with E-state index in [1.54, 1.807) is 29.2 Å². The predicted octanol–water partition coefficient (Wildman–Crippen LogP) is 0.678. The summed E-state index contributed by atoms with van der Waals surface area (Å²) in [7, 11) is 1.77. The van der Waals surface area contributed by atoms with Crippen LogP contribution in [0.2, 0.25) is 0 Å². The monoisotopic (exact) mass is 361 g/mol. The standard InChI is InChI=1S/C19H27N3O4/c1-21(13-19(14-23)4-8-26-9-5-19)18(25)16-10-17(24)22(12-16)11-15-2-6-20-7-3-15/h2-3,6-7,16,23H,4-5,8-14H2,1H3/t16-/m1/s1. The van der Waals surface area contributed by atoms with Crippen LogP contribution in [0.4, 0.5) is 0 Å². The number of aliphatic hydroxyl groups excluding tert-OH is 1. The number of carbonyl (C=O) groups excluding carboxylic acids is 2. The van der Waals surface area contributed by atoms with E-state index < -0.39 is 0 Å². The van der Waals surface area contributed by atoms with Gasteiger partial charge in [-0.2, -0.15) is 0 Å². The molecule has 1 N–H and O–H groups in total. The molecule has 1 aromatic rings. The number of aromatic nitrogens is 1. The predicted molar refractivity (Wildman–Crippen MR) is 95.0 cm³/mol. The Labute approximate surface area is 153 Å². The van der Waals surface area contributed by atoms with Crippen LogP contribution in [0.5, 0.6) is 0 Å². The normalized spacial score (nSPS) is 22.5. The number of likely N-dealkylation sites (tertiary alicyclic amines) is 1. The van der Waals surface area contributed by atoms with E-state index >= 15 is 0 Å². The average Bonchev–Trinajstić information content (AvgIpc) is 3.03. The van der Waals surface area contributed by atoms with E-state index in [-0.39, 0.29) is 36.2 Å². The van der Waals surface area contributed by atoms with Crippen molar-refractivity contribution in [2.45, 2.75) is 25.8 Å². The van der Waals surface area contributed by atoms with Gasteiger partial charge in [0.25, 0.3) is 0 Å². The van der Waals surface area contributed by atoms with E-state index in [0.717, 1.165) is 18.4 Å². The van der Waals surface area contributed by atoms with Gasteiger partial charge in [0.15, 0.2) is 0 Å². The van der Waals surface area contributed by atoms with Crippen LogP contribution >= 0.6 is 0 Å². The van der Waals surface area contributed by atoms with Gasteiger partial charge < -0.3 is 19.6 Å². The molecule has 0 radical (unpaired) electrons. The number of pyridine rings is 1. The molecule has 2 aliphatic rings. The third-order valence-electron chi connectivity index (χ3n) is 5.52. The number of hydrogen-bond acceptors (Lipinski definition) is 5. The average molecular weight is 361 g/mol. The van der Waals surface area contributed by atoms with Crippen molar-refractivity contribution < 1.29 is 19.4 Å². The lowest BCUT2D eigenvalue weighted by molar-refractivity contribution is -0.137. The summed E-state index contributed by atoms with van der Waals surface area (Å²) in [6.07, 6.45) is 5.16. The molecule has 2 fully saturated rings. The van der Waals surface area contributed by atoms with Crippen molar-refractivity contribution in [3.05, 3.63) is 30.1 Å².